The zero-order valence-electron chi connectivity index (χ0n) is 15.0. The van der Waals surface area contributed by atoms with Gasteiger partial charge >= 0.3 is 0 Å². The van der Waals surface area contributed by atoms with Crippen molar-refractivity contribution in [2.24, 2.45) is 5.92 Å². The molecule has 0 amide bonds. The van der Waals surface area contributed by atoms with Gasteiger partial charge in [-0.15, -0.1) is 0 Å². The van der Waals surface area contributed by atoms with Crippen LogP contribution >= 0.6 is 0 Å². The van der Waals surface area contributed by atoms with Crippen LogP contribution in [0.4, 0.5) is 17.5 Å². The van der Waals surface area contributed by atoms with Crippen LogP contribution < -0.4 is 15.0 Å². The second kappa shape index (κ2) is 7.07. The third-order valence-corrected chi connectivity index (χ3v) is 4.40. The number of ether oxygens (including phenoxy) is 1. The van der Waals surface area contributed by atoms with E-state index in [0.717, 1.165) is 42.0 Å². The summed E-state index contributed by atoms with van der Waals surface area (Å²) in [6, 6.07) is 8.05. The SMILES string of the molecule is COc1ccc(C)cc1Nc1cc(C)nc(N2CCCC(C)C2)n1. The maximum atomic E-state index is 5.45. The first-order chi connectivity index (χ1) is 11.5. The lowest BCUT2D eigenvalue weighted by atomic mass is 10.0. The van der Waals surface area contributed by atoms with Crippen LogP contribution in [0.5, 0.6) is 5.75 Å². The van der Waals surface area contributed by atoms with Crippen molar-refractivity contribution in [2.45, 2.75) is 33.6 Å². The molecule has 2 aromatic rings. The predicted octanol–water partition coefficient (Wildman–Crippen LogP) is 4.08. The van der Waals surface area contributed by atoms with Crippen molar-refractivity contribution in [3.8, 4) is 5.75 Å². The van der Waals surface area contributed by atoms with Gasteiger partial charge in [0, 0.05) is 24.8 Å². The maximum absolute atomic E-state index is 5.45. The smallest absolute Gasteiger partial charge is 0.227 e. The van der Waals surface area contributed by atoms with E-state index in [-0.39, 0.29) is 0 Å². The molecule has 1 aromatic heterocycles. The molecule has 1 fully saturated rings. The number of nitrogens with one attached hydrogen (secondary N) is 1. The van der Waals surface area contributed by atoms with Crippen molar-refractivity contribution < 1.29 is 4.74 Å². The van der Waals surface area contributed by atoms with E-state index in [1.54, 1.807) is 7.11 Å². The molecule has 1 unspecified atom stereocenters. The number of aromatic nitrogens is 2. The summed E-state index contributed by atoms with van der Waals surface area (Å²) in [5, 5.41) is 3.39. The molecule has 1 aliphatic rings. The lowest BCUT2D eigenvalue weighted by Crippen LogP contribution is -2.35. The average molecular weight is 326 g/mol. The van der Waals surface area contributed by atoms with E-state index in [1.165, 1.54) is 18.4 Å². The van der Waals surface area contributed by atoms with Gasteiger partial charge in [-0.05, 0) is 50.3 Å². The fourth-order valence-electron chi connectivity index (χ4n) is 3.19. The van der Waals surface area contributed by atoms with Crippen LogP contribution in [-0.4, -0.2) is 30.2 Å². The molecular formula is C19H26N4O. The Morgan fingerprint density at radius 3 is 2.79 bits per heavy atom. The molecule has 0 saturated carbocycles. The van der Waals surface area contributed by atoms with E-state index in [1.807, 2.05) is 25.1 Å². The molecule has 2 heterocycles. The number of rotatable bonds is 4. The van der Waals surface area contributed by atoms with E-state index >= 15 is 0 Å². The minimum absolute atomic E-state index is 0.691. The number of benzene rings is 1. The highest BCUT2D eigenvalue weighted by Gasteiger charge is 2.19. The predicted molar refractivity (Wildman–Crippen MR) is 98.4 cm³/mol. The van der Waals surface area contributed by atoms with Crippen LogP contribution in [0, 0.1) is 19.8 Å². The van der Waals surface area contributed by atoms with Crippen molar-refractivity contribution in [3.05, 3.63) is 35.5 Å². The van der Waals surface area contributed by atoms with Gasteiger partial charge in [-0.25, -0.2) is 4.98 Å². The van der Waals surface area contributed by atoms with Crippen molar-refractivity contribution in [1.29, 1.82) is 0 Å². The van der Waals surface area contributed by atoms with Gasteiger partial charge in [-0.2, -0.15) is 4.98 Å². The molecule has 0 radical (unpaired) electrons. The second-order valence-electron chi connectivity index (χ2n) is 6.72. The highest BCUT2D eigenvalue weighted by molar-refractivity contribution is 5.66. The first-order valence-corrected chi connectivity index (χ1v) is 8.57. The number of piperidine rings is 1. The number of hydrogen-bond donors (Lipinski definition) is 1. The number of aryl methyl sites for hydroxylation is 2. The second-order valence-corrected chi connectivity index (χ2v) is 6.72. The van der Waals surface area contributed by atoms with Gasteiger partial charge in [0.1, 0.15) is 11.6 Å². The third-order valence-electron chi connectivity index (χ3n) is 4.40. The zero-order chi connectivity index (χ0) is 17.1. The topological polar surface area (TPSA) is 50.3 Å². The fourth-order valence-corrected chi connectivity index (χ4v) is 3.19. The van der Waals surface area contributed by atoms with Crippen molar-refractivity contribution in [3.63, 3.8) is 0 Å². The Kier molecular flexibility index (Phi) is 4.88. The summed E-state index contributed by atoms with van der Waals surface area (Å²) >= 11 is 0. The first-order valence-electron chi connectivity index (χ1n) is 8.57. The van der Waals surface area contributed by atoms with Crippen LogP contribution in [0.2, 0.25) is 0 Å². The molecule has 1 N–H and O–H groups in total. The molecule has 0 bridgehead atoms. The average Bonchev–Trinajstić information content (AvgIpc) is 2.54. The highest BCUT2D eigenvalue weighted by atomic mass is 16.5. The van der Waals surface area contributed by atoms with E-state index in [9.17, 15) is 0 Å². The molecule has 128 valence electrons. The van der Waals surface area contributed by atoms with Gasteiger partial charge < -0.3 is 15.0 Å². The Labute approximate surface area is 144 Å². The zero-order valence-corrected chi connectivity index (χ0v) is 15.0. The van der Waals surface area contributed by atoms with Crippen molar-refractivity contribution in [2.75, 3.05) is 30.4 Å². The van der Waals surface area contributed by atoms with E-state index in [4.69, 9.17) is 9.72 Å². The van der Waals surface area contributed by atoms with Crippen LogP contribution in [0.1, 0.15) is 31.0 Å². The lowest BCUT2D eigenvalue weighted by Gasteiger charge is -2.31. The summed E-state index contributed by atoms with van der Waals surface area (Å²) in [5.41, 5.74) is 3.06. The molecule has 3 rings (SSSR count). The van der Waals surface area contributed by atoms with E-state index in [2.05, 4.69) is 35.1 Å². The quantitative estimate of drug-likeness (QED) is 0.917. The Morgan fingerprint density at radius 1 is 1.21 bits per heavy atom. The largest absolute Gasteiger partial charge is 0.495 e. The maximum Gasteiger partial charge on any atom is 0.227 e. The van der Waals surface area contributed by atoms with Crippen molar-refractivity contribution >= 4 is 17.5 Å². The summed E-state index contributed by atoms with van der Waals surface area (Å²) in [7, 11) is 1.68. The number of nitrogens with zero attached hydrogens (tertiary/aromatic N) is 3. The van der Waals surface area contributed by atoms with Gasteiger partial charge in [0.05, 0.1) is 12.8 Å². The summed E-state index contributed by atoms with van der Waals surface area (Å²) in [6.45, 7) is 8.42. The number of anilines is 3. The summed E-state index contributed by atoms with van der Waals surface area (Å²) < 4.78 is 5.45. The van der Waals surface area contributed by atoms with Gasteiger partial charge in [0.15, 0.2) is 0 Å². The molecule has 1 aromatic carbocycles. The molecule has 5 heteroatoms. The van der Waals surface area contributed by atoms with Crippen LogP contribution in [0.15, 0.2) is 24.3 Å². The highest BCUT2D eigenvalue weighted by Crippen LogP contribution is 2.29. The Morgan fingerprint density at radius 2 is 2.04 bits per heavy atom. The Hall–Kier alpha value is -2.30. The molecule has 0 aliphatic carbocycles. The minimum Gasteiger partial charge on any atom is -0.495 e. The van der Waals surface area contributed by atoms with Crippen molar-refractivity contribution in [1.82, 2.24) is 9.97 Å². The molecule has 1 saturated heterocycles. The normalized spacial score (nSPS) is 17.7. The first kappa shape index (κ1) is 16.6. The Bertz CT molecular complexity index is 717. The third kappa shape index (κ3) is 3.78. The standard InChI is InChI=1S/C19H26N4O/c1-13-7-8-17(24-4)16(10-13)21-18-11-15(3)20-19(22-18)23-9-5-6-14(2)12-23/h7-8,10-11,14H,5-6,9,12H2,1-4H3,(H,20,21,22). The van der Waals surface area contributed by atoms with Gasteiger partial charge in [-0.1, -0.05) is 13.0 Å². The van der Waals surface area contributed by atoms with Gasteiger partial charge in [0.2, 0.25) is 5.95 Å². The molecule has 0 spiro atoms. The van der Waals surface area contributed by atoms with Crippen LogP contribution in [-0.2, 0) is 0 Å². The monoisotopic (exact) mass is 326 g/mol. The summed E-state index contributed by atoms with van der Waals surface area (Å²) in [6.07, 6.45) is 2.49. The van der Waals surface area contributed by atoms with Crippen LogP contribution in [0.3, 0.4) is 0 Å². The summed E-state index contributed by atoms with van der Waals surface area (Å²) in [4.78, 5) is 11.7. The molecule has 24 heavy (non-hydrogen) atoms. The van der Waals surface area contributed by atoms with E-state index < -0.39 is 0 Å². The van der Waals surface area contributed by atoms with Gasteiger partial charge in [-0.3, -0.25) is 0 Å². The molecule has 5 nitrogen and oxygen atoms in total. The number of methoxy groups -OCH3 is 1. The molecular weight excluding hydrogens is 300 g/mol. The Balaban J connectivity index is 1.88. The van der Waals surface area contributed by atoms with Gasteiger partial charge in [0.25, 0.3) is 0 Å². The fraction of sp³-hybridized carbons (Fsp3) is 0.474. The minimum atomic E-state index is 0.691. The molecule has 1 atom stereocenters. The summed E-state index contributed by atoms with van der Waals surface area (Å²) in [5.74, 6) is 3.12. The number of hydrogen-bond acceptors (Lipinski definition) is 5. The molecule has 1 aliphatic heterocycles. The lowest BCUT2D eigenvalue weighted by molar-refractivity contribution is 0.416. The van der Waals surface area contributed by atoms with Crippen LogP contribution in [0.25, 0.3) is 0 Å². The van der Waals surface area contributed by atoms with E-state index in [0.29, 0.717) is 5.92 Å².